The second-order valence-electron chi connectivity index (χ2n) is 8.84. The number of nitrogens with zero attached hydrogens (tertiary/aromatic N) is 5. The first-order valence-electron chi connectivity index (χ1n) is 11.8. The number of pyridine rings is 3. The molecule has 184 valence electrons. The van der Waals surface area contributed by atoms with Gasteiger partial charge in [-0.15, -0.1) is 0 Å². The molecule has 9 heteroatoms. The topological polar surface area (TPSA) is 68.5 Å². The summed E-state index contributed by atoms with van der Waals surface area (Å²) < 4.78 is 30.8. The van der Waals surface area contributed by atoms with Crippen molar-refractivity contribution in [3.8, 4) is 11.1 Å². The van der Waals surface area contributed by atoms with Gasteiger partial charge in [0.1, 0.15) is 11.6 Å². The molecule has 0 bridgehead atoms. The summed E-state index contributed by atoms with van der Waals surface area (Å²) >= 11 is 6.04. The predicted molar refractivity (Wildman–Crippen MR) is 140 cm³/mol. The molecule has 0 amide bonds. The van der Waals surface area contributed by atoms with Crippen LogP contribution < -0.4 is 5.32 Å². The van der Waals surface area contributed by atoms with Crippen molar-refractivity contribution in [3.63, 3.8) is 0 Å². The minimum absolute atomic E-state index is 0.136. The molecule has 37 heavy (non-hydrogen) atoms. The molecule has 1 aromatic carbocycles. The van der Waals surface area contributed by atoms with Gasteiger partial charge in [0.25, 0.3) is 0 Å². The van der Waals surface area contributed by atoms with E-state index in [9.17, 15) is 8.78 Å². The van der Waals surface area contributed by atoms with Crippen LogP contribution in [0.15, 0.2) is 67.3 Å². The number of fused-ring (bicyclic) bond motifs is 2. The third-order valence-corrected chi connectivity index (χ3v) is 6.77. The molecule has 0 aliphatic heterocycles. The zero-order valence-electron chi connectivity index (χ0n) is 19.8. The maximum atomic E-state index is 15.0. The summed E-state index contributed by atoms with van der Waals surface area (Å²) in [6.45, 7) is 1.57. The van der Waals surface area contributed by atoms with Gasteiger partial charge in [-0.3, -0.25) is 14.6 Å². The minimum atomic E-state index is -0.796. The van der Waals surface area contributed by atoms with Crippen LogP contribution in [0.25, 0.3) is 33.3 Å². The molecule has 1 aliphatic carbocycles. The molecule has 0 unspecified atom stereocenters. The first-order valence-corrected chi connectivity index (χ1v) is 12.2. The van der Waals surface area contributed by atoms with Crippen LogP contribution in [0.1, 0.15) is 22.5 Å². The third kappa shape index (κ3) is 4.28. The lowest BCUT2D eigenvalue weighted by Crippen LogP contribution is -2.14. The lowest BCUT2D eigenvalue weighted by molar-refractivity contribution is 0.581. The zero-order valence-corrected chi connectivity index (χ0v) is 20.6. The SMILES string of the molecule is CNCCn1cc(-c2cnc3ccc(C4=C(c5cc(Cl)c(F)cc5F)Cc5cccnc54)nc3c2)cn1. The Kier molecular flexibility index (Phi) is 5.98. The molecule has 4 heterocycles. The van der Waals surface area contributed by atoms with E-state index >= 15 is 0 Å². The highest BCUT2D eigenvalue weighted by Gasteiger charge is 2.28. The van der Waals surface area contributed by atoms with Crippen LogP contribution in [0.2, 0.25) is 5.02 Å². The van der Waals surface area contributed by atoms with Gasteiger partial charge < -0.3 is 5.32 Å². The van der Waals surface area contributed by atoms with Gasteiger partial charge in [0, 0.05) is 59.9 Å². The number of rotatable bonds is 6. The number of hydrogen-bond acceptors (Lipinski definition) is 5. The van der Waals surface area contributed by atoms with Crippen LogP contribution in [0, 0.1) is 11.6 Å². The average Bonchev–Trinajstić information content (AvgIpc) is 3.54. The van der Waals surface area contributed by atoms with Crippen molar-refractivity contribution in [1.82, 2.24) is 30.0 Å². The lowest BCUT2D eigenvalue weighted by Gasteiger charge is -2.11. The van der Waals surface area contributed by atoms with Gasteiger partial charge in [-0.05, 0) is 48.5 Å². The molecule has 1 aliphatic rings. The van der Waals surface area contributed by atoms with E-state index in [1.165, 1.54) is 6.07 Å². The number of halogens is 3. The van der Waals surface area contributed by atoms with E-state index in [2.05, 4.69) is 20.4 Å². The number of nitrogens with one attached hydrogen (secondary N) is 1. The molecular weight excluding hydrogens is 494 g/mol. The fraction of sp³-hybridized carbons (Fsp3) is 0.143. The second-order valence-corrected chi connectivity index (χ2v) is 9.25. The first kappa shape index (κ1) is 23.4. The number of benzene rings is 1. The van der Waals surface area contributed by atoms with E-state index in [-0.39, 0.29) is 10.6 Å². The molecule has 0 fully saturated rings. The van der Waals surface area contributed by atoms with Crippen LogP contribution in [0.4, 0.5) is 8.78 Å². The van der Waals surface area contributed by atoms with Crippen molar-refractivity contribution in [2.45, 2.75) is 13.0 Å². The largest absolute Gasteiger partial charge is 0.318 e. The second kappa shape index (κ2) is 9.46. The molecular formula is C28H21ClF2N6. The van der Waals surface area contributed by atoms with Crippen molar-refractivity contribution in [3.05, 3.63) is 106 Å². The molecule has 0 saturated heterocycles. The van der Waals surface area contributed by atoms with Crippen LogP contribution in [0.5, 0.6) is 0 Å². The number of hydrogen-bond donors (Lipinski definition) is 1. The van der Waals surface area contributed by atoms with Gasteiger partial charge in [-0.1, -0.05) is 17.7 Å². The Morgan fingerprint density at radius 3 is 2.76 bits per heavy atom. The number of likely N-dealkylation sites (N-methyl/N-ethyl adjacent to an activating group) is 1. The fourth-order valence-corrected chi connectivity index (χ4v) is 4.82. The van der Waals surface area contributed by atoms with Crippen molar-refractivity contribution < 1.29 is 8.78 Å². The van der Waals surface area contributed by atoms with Gasteiger partial charge in [-0.2, -0.15) is 5.10 Å². The highest BCUT2D eigenvalue weighted by Crippen LogP contribution is 2.42. The fourth-order valence-electron chi connectivity index (χ4n) is 4.65. The standard InChI is InChI=1S/C28H21ClF2N6/c1-32-7-8-37-15-18(14-35-37)17-10-26-24(34-13-17)4-5-25(36-26)27-20(9-16-3-2-6-33-28(16)27)19-11-21(29)23(31)12-22(19)30/h2-6,10-15,32H,7-9H2,1H3. The normalized spacial score (nSPS) is 13.0. The molecule has 0 spiro atoms. The van der Waals surface area contributed by atoms with Crippen LogP contribution in [-0.2, 0) is 13.0 Å². The minimum Gasteiger partial charge on any atom is -0.318 e. The van der Waals surface area contributed by atoms with E-state index in [4.69, 9.17) is 16.6 Å². The van der Waals surface area contributed by atoms with Gasteiger partial charge >= 0.3 is 0 Å². The molecule has 6 rings (SSSR count). The predicted octanol–water partition coefficient (Wildman–Crippen LogP) is 5.55. The van der Waals surface area contributed by atoms with Gasteiger partial charge in [0.15, 0.2) is 0 Å². The zero-order chi connectivity index (χ0) is 25.5. The summed E-state index contributed by atoms with van der Waals surface area (Å²) in [5.74, 6) is -1.47. The molecule has 0 atom stereocenters. The lowest BCUT2D eigenvalue weighted by atomic mass is 9.98. The van der Waals surface area contributed by atoms with E-state index in [0.717, 1.165) is 47.1 Å². The summed E-state index contributed by atoms with van der Waals surface area (Å²) in [4.78, 5) is 14.1. The number of allylic oxidation sites excluding steroid dienone is 1. The smallest absolute Gasteiger partial charge is 0.144 e. The van der Waals surface area contributed by atoms with E-state index < -0.39 is 11.6 Å². The molecule has 4 aromatic heterocycles. The van der Waals surface area contributed by atoms with Crippen LogP contribution in [-0.4, -0.2) is 38.3 Å². The Balaban J connectivity index is 1.48. The highest BCUT2D eigenvalue weighted by atomic mass is 35.5. The molecule has 5 aromatic rings. The summed E-state index contributed by atoms with van der Waals surface area (Å²) in [5.41, 5.74) is 7.13. The van der Waals surface area contributed by atoms with Crippen molar-refractivity contribution in [2.75, 3.05) is 13.6 Å². The molecule has 6 nitrogen and oxygen atoms in total. The summed E-state index contributed by atoms with van der Waals surface area (Å²) in [6, 6.07) is 11.7. The maximum absolute atomic E-state index is 15.0. The van der Waals surface area contributed by atoms with Crippen LogP contribution >= 0.6 is 11.6 Å². The van der Waals surface area contributed by atoms with E-state index in [0.29, 0.717) is 28.8 Å². The molecule has 0 radical (unpaired) electrons. The van der Waals surface area contributed by atoms with E-state index in [1.807, 2.05) is 48.3 Å². The van der Waals surface area contributed by atoms with Gasteiger partial charge in [-0.25, -0.2) is 13.8 Å². The quantitative estimate of drug-likeness (QED) is 0.301. The highest BCUT2D eigenvalue weighted by molar-refractivity contribution is 6.31. The Morgan fingerprint density at radius 1 is 1.00 bits per heavy atom. The Bertz CT molecular complexity index is 1690. The Hall–Kier alpha value is -4.01. The molecule has 1 N–H and O–H groups in total. The van der Waals surface area contributed by atoms with Crippen molar-refractivity contribution in [1.29, 1.82) is 0 Å². The van der Waals surface area contributed by atoms with Gasteiger partial charge in [0.2, 0.25) is 0 Å². The maximum Gasteiger partial charge on any atom is 0.144 e. The monoisotopic (exact) mass is 514 g/mol. The summed E-state index contributed by atoms with van der Waals surface area (Å²) in [6.07, 6.45) is 7.71. The van der Waals surface area contributed by atoms with Crippen molar-refractivity contribution in [2.24, 2.45) is 0 Å². The number of aromatic nitrogens is 5. The van der Waals surface area contributed by atoms with Crippen molar-refractivity contribution >= 4 is 33.8 Å². The summed E-state index contributed by atoms with van der Waals surface area (Å²) in [7, 11) is 1.90. The first-order chi connectivity index (χ1) is 18.0. The Labute approximate surface area is 216 Å². The van der Waals surface area contributed by atoms with Gasteiger partial charge in [0.05, 0.1) is 40.2 Å². The summed E-state index contributed by atoms with van der Waals surface area (Å²) in [5, 5.41) is 7.40. The van der Waals surface area contributed by atoms with E-state index in [1.54, 1.807) is 18.6 Å². The average molecular weight is 515 g/mol. The third-order valence-electron chi connectivity index (χ3n) is 6.48. The molecule has 0 saturated carbocycles. The Morgan fingerprint density at radius 2 is 1.89 bits per heavy atom. The van der Waals surface area contributed by atoms with Crippen LogP contribution in [0.3, 0.4) is 0 Å².